The molecule has 4 heterocycles. The van der Waals surface area contributed by atoms with Crippen LogP contribution in [-0.4, -0.2) is 46.6 Å². The lowest BCUT2D eigenvalue weighted by Gasteiger charge is -2.15. The Morgan fingerprint density at radius 1 is 1.09 bits per heavy atom. The first-order valence-electron chi connectivity index (χ1n) is 10.2. The Bertz CT molecular complexity index is 1450. The SMILES string of the molecule is CCC(c1cn(-c2ccccc2F)nn1)n1cc(-c2cncnc2OC)c2c(N)ncnc21. The van der Waals surface area contributed by atoms with Crippen LogP contribution in [0.3, 0.4) is 0 Å². The maximum atomic E-state index is 14.3. The van der Waals surface area contributed by atoms with Gasteiger partial charge in [0, 0.05) is 18.0 Å². The van der Waals surface area contributed by atoms with Crippen molar-refractivity contribution in [3.63, 3.8) is 0 Å². The first-order chi connectivity index (χ1) is 16.1. The fourth-order valence-electron chi connectivity index (χ4n) is 3.95. The topological polar surface area (TPSA) is 122 Å². The predicted molar refractivity (Wildman–Crippen MR) is 119 cm³/mol. The average Bonchev–Trinajstić information content (AvgIpc) is 3.47. The minimum atomic E-state index is -0.382. The highest BCUT2D eigenvalue weighted by Crippen LogP contribution is 2.38. The van der Waals surface area contributed by atoms with Crippen LogP contribution in [0, 0.1) is 5.82 Å². The minimum Gasteiger partial charge on any atom is -0.480 e. The van der Waals surface area contributed by atoms with Crippen LogP contribution >= 0.6 is 0 Å². The van der Waals surface area contributed by atoms with Gasteiger partial charge in [0.1, 0.15) is 41.3 Å². The largest absolute Gasteiger partial charge is 0.480 e. The molecule has 5 rings (SSSR count). The molecule has 0 fully saturated rings. The number of halogens is 1. The molecular weight excluding hydrogens is 425 g/mol. The van der Waals surface area contributed by atoms with E-state index in [1.165, 1.54) is 23.4 Å². The highest BCUT2D eigenvalue weighted by molar-refractivity contribution is 6.01. The summed E-state index contributed by atoms with van der Waals surface area (Å²) in [5.74, 6) is 0.350. The monoisotopic (exact) mass is 445 g/mol. The number of para-hydroxylation sites is 1. The maximum Gasteiger partial charge on any atom is 0.224 e. The zero-order chi connectivity index (χ0) is 22.9. The molecule has 33 heavy (non-hydrogen) atoms. The molecule has 0 aliphatic heterocycles. The summed E-state index contributed by atoms with van der Waals surface area (Å²) in [6, 6.07) is 6.16. The van der Waals surface area contributed by atoms with Gasteiger partial charge >= 0.3 is 0 Å². The van der Waals surface area contributed by atoms with Gasteiger partial charge in [-0.2, -0.15) is 0 Å². The van der Waals surface area contributed by atoms with E-state index in [1.807, 2.05) is 17.7 Å². The normalized spacial score (nSPS) is 12.2. The number of benzene rings is 1. The highest BCUT2D eigenvalue weighted by Gasteiger charge is 2.24. The second-order valence-corrected chi connectivity index (χ2v) is 7.32. The van der Waals surface area contributed by atoms with E-state index in [0.717, 1.165) is 5.56 Å². The summed E-state index contributed by atoms with van der Waals surface area (Å²) in [4.78, 5) is 17.0. The summed E-state index contributed by atoms with van der Waals surface area (Å²) in [5.41, 5.74) is 9.25. The van der Waals surface area contributed by atoms with Gasteiger partial charge < -0.3 is 15.0 Å². The number of methoxy groups -OCH3 is 1. The molecule has 0 saturated heterocycles. The molecule has 1 unspecified atom stereocenters. The average molecular weight is 445 g/mol. The molecule has 0 amide bonds. The van der Waals surface area contributed by atoms with Crippen LogP contribution < -0.4 is 10.5 Å². The molecule has 0 radical (unpaired) electrons. The van der Waals surface area contributed by atoms with E-state index in [4.69, 9.17) is 10.5 Å². The van der Waals surface area contributed by atoms with Crippen LogP contribution in [0.4, 0.5) is 10.2 Å². The molecule has 0 bridgehead atoms. The van der Waals surface area contributed by atoms with Gasteiger partial charge in [-0.05, 0) is 18.6 Å². The number of rotatable bonds is 6. The summed E-state index contributed by atoms with van der Waals surface area (Å²) in [6.45, 7) is 2.02. The van der Waals surface area contributed by atoms with Crippen molar-refractivity contribution in [2.75, 3.05) is 12.8 Å². The van der Waals surface area contributed by atoms with E-state index in [1.54, 1.807) is 37.7 Å². The number of nitrogens with zero attached hydrogens (tertiary/aromatic N) is 8. The molecular formula is C22H20FN9O. The molecule has 0 aliphatic carbocycles. The molecule has 11 heteroatoms. The molecule has 0 aliphatic rings. The number of anilines is 1. The Morgan fingerprint density at radius 3 is 2.73 bits per heavy atom. The molecule has 5 aromatic rings. The lowest BCUT2D eigenvalue weighted by atomic mass is 10.1. The van der Waals surface area contributed by atoms with Crippen LogP contribution in [0.15, 0.2) is 55.5 Å². The summed E-state index contributed by atoms with van der Waals surface area (Å²) < 4.78 is 23.1. The van der Waals surface area contributed by atoms with Crippen LogP contribution in [0.25, 0.3) is 27.8 Å². The third-order valence-corrected chi connectivity index (χ3v) is 5.47. The Labute approximate surface area is 187 Å². The fraction of sp³-hybridized carbons (Fsp3) is 0.182. The smallest absolute Gasteiger partial charge is 0.224 e. The fourth-order valence-corrected chi connectivity index (χ4v) is 3.95. The number of hydrogen-bond acceptors (Lipinski definition) is 8. The molecule has 0 saturated carbocycles. The van der Waals surface area contributed by atoms with E-state index < -0.39 is 0 Å². The third kappa shape index (κ3) is 3.43. The van der Waals surface area contributed by atoms with Gasteiger partial charge in [0.2, 0.25) is 5.88 Å². The van der Waals surface area contributed by atoms with E-state index in [9.17, 15) is 4.39 Å². The van der Waals surface area contributed by atoms with E-state index in [2.05, 4.69) is 30.2 Å². The molecule has 4 aromatic heterocycles. The first kappa shape index (κ1) is 20.5. The van der Waals surface area contributed by atoms with Crippen molar-refractivity contribution >= 4 is 16.9 Å². The van der Waals surface area contributed by atoms with Crippen LogP contribution in [-0.2, 0) is 0 Å². The summed E-state index contributed by atoms with van der Waals surface area (Å²) in [5, 5.41) is 9.13. The lowest BCUT2D eigenvalue weighted by molar-refractivity contribution is 0.398. The number of hydrogen-bond donors (Lipinski definition) is 1. The minimum absolute atomic E-state index is 0.244. The van der Waals surface area contributed by atoms with Crippen molar-refractivity contribution in [3.05, 3.63) is 67.0 Å². The Hall–Kier alpha value is -4.41. The van der Waals surface area contributed by atoms with Crippen LogP contribution in [0.1, 0.15) is 25.1 Å². The summed E-state index contributed by atoms with van der Waals surface area (Å²) in [7, 11) is 1.54. The zero-order valence-electron chi connectivity index (χ0n) is 17.9. The third-order valence-electron chi connectivity index (χ3n) is 5.47. The predicted octanol–water partition coefficient (Wildman–Crippen LogP) is 3.20. The number of nitrogens with two attached hydrogens (primary N) is 1. The van der Waals surface area contributed by atoms with Crippen LogP contribution in [0.2, 0.25) is 0 Å². The quantitative estimate of drug-likeness (QED) is 0.423. The van der Waals surface area contributed by atoms with Gasteiger partial charge in [0.05, 0.1) is 30.3 Å². The van der Waals surface area contributed by atoms with Gasteiger partial charge in [-0.15, -0.1) is 5.10 Å². The van der Waals surface area contributed by atoms with Gasteiger partial charge in [0.15, 0.2) is 0 Å². The molecule has 166 valence electrons. The Balaban J connectivity index is 1.67. The molecule has 10 nitrogen and oxygen atoms in total. The first-order valence-corrected chi connectivity index (χ1v) is 10.2. The van der Waals surface area contributed by atoms with E-state index >= 15 is 0 Å². The van der Waals surface area contributed by atoms with Gasteiger partial charge in [-0.1, -0.05) is 24.3 Å². The second-order valence-electron chi connectivity index (χ2n) is 7.32. The zero-order valence-corrected chi connectivity index (χ0v) is 17.9. The molecule has 1 atom stereocenters. The molecule has 2 N–H and O–H groups in total. The maximum absolute atomic E-state index is 14.3. The Morgan fingerprint density at radius 2 is 1.94 bits per heavy atom. The number of aromatic nitrogens is 8. The number of ether oxygens (including phenoxy) is 1. The van der Waals surface area contributed by atoms with Crippen molar-refractivity contribution in [1.29, 1.82) is 0 Å². The van der Waals surface area contributed by atoms with Crippen molar-refractivity contribution in [2.45, 2.75) is 19.4 Å². The lowest BCUT2D eigenvalue weighted by Crippen LogP contribution is -2.10. The molecule has 1 aromatic carbocycles. The van der Waals surface area contributed by atoms with Crippen LogP contribution in [0.5, 0.6) is 5.88 Å². The van der Waals surface area contributed by atoms with Gasteiger partial charge in [-0.3, -0.25) is 0 Å². The van der Waals surface area contributed by atoms with Gasteiger partial charge in [-0.25, -0.2) is 29.0 Å². The van der Waals surface area contributed by atoms with Crippen molar-refractivity contribution in [1.82, 2.24) is 39.5 Å². The van der Waals surface area contributed by atoms with Crippen molar-refractivity contribution < 1.29 is 9.13 Å². The van der Waals surface area contributed by atoms with E-state index in [-0.39, 0.29) is 11.9 Å². The highest BCUT2D eigenvalue weighted by atomic mass is 19.1. The summed E-state index contributed by atoms with van der Waals surface area (Å²) >= 11 is 0. The molecule has 0 spiro atoms. The summed E-state index contributed by atoms with van der Waals surface area (Å²) in [6.07, 6.45) is 8.79. The number of nitrogen functional groups attached to an aromatic ring is 1. The van der Waals surface area contributed by atoms with E-state index in [0.29, 0.717) is 46.1 Å². The number of fused-ring (bicyclic) bond motifs is 1. The van der Waals surface area contributed by atoms with Crippen molar-refractivity contribution in [2.24, 2.45) is 0 Å². The standard InChI is InChI=1S/C22H20FN9O/c1-3-17(16-10-32(30-29-16)18-7-5-4-6-15(18)23)31-9-14(13-8-25-11-28-22(13)33-2)19-20(24)26-12-27-21(19)31/h4-12,17H,3H2,1-2H3,(H2,24,26,27). The van der Waals surface area contributed by atoms with Gasteiger partial charge in [0.25, 0.3) is 0 Å². The van der Waals surface area contributed by atoms with Crippen molar-refractivity contribution in [3.8, 4) is 22.7 Å². The Kier molecular flexibility index (Phi) is 5.13. The second kappa shape index (κ2) is 8.26.